The quantitative estimate of drug-likeness (QED) is 0.346. The van der Waals surface area contributed by atoms with Crippen molar-refractivity contribution in [2.45, 2.75) is 39.0 Å². The molecule has 3 aromatic rings. The number of rotatable bonds is 4. The second-order valence-electron chi connectivity index (χ2n) is 7.75. The molecule has 0 radical (unpaired) electrons. The molecule has 0 bridgehead atoms. The number of fused-ring (bicyclic) bond motifs is 1. The Labute approximate surface area is 181 Å². The molecule has 0 unspecified atom stereocenters. The van der Waals surface area contributed by atoms with Gasteiger partial charge in [0.2, 0.25) is 5.89 Å². The molecule has 1 heterocycles. The van der Waals surface area contributed by atoms with Crippen LogP contribution in [0.15, 0.2) is 46.9 Å². The van der Waals surface area contributed by atoms with Gasteiger partial charge in [-0.3, -0.25) is 10.0 Å². The third-order valence-electron chi connectivity index (χ3n) is 4.02. The number of aromatic nitrogens is 1. The highest BCUT2D eigenvalue weighted by atomic mass is 19.4. The molecule has 0 spiro atoms. The molecule has 3 rings (SSSR count). The number of carboxylic acid groups (broad SMARTS) is 1. The van der Waals surface area contributed by atoms with Crippen LogP contribution < -0.4 is 10.8 Å². The Balaban J connectivity index is 0.000000451. The summed E-state index contributed by atoms with van der Waals surface area (Å²) in [6, 6.07) is 12.8. The van der Waals surface area contributed by atoms with Crippen LogP contribution >= 0.6 is 0 Å². The summed E-state index contributed by atoms with van der Waals surface area (Å²) in [4.78, 5) is 24.8. The minimum Gasteiger partial charge on any atom is -0.475 e. The van der Waals surface area contributed by atoms with E-state index in [9.17, 15) is 18.0 Å². The Morgan fingerprint density at radius 1 is 1.06 bits per heavy atom. The predicted molar refractivity (Wildman–Crippen MR) is 109 cm³/mol. The van der Waals surface area contributed by atoms with E-state index in [4.69, 9.17) is 19.5 Å². The molecule has 0 fully saturated rings. The average molecular weight is 453 g/mol. The molecule has 8 nitrogen and oxygen atoms in total. The maximum atomic E-state index is 11.5. The summed E-state index contributed by atoms with van der Waals surface area (Å²) in [5.74, 6) is -2.85. The van der Waals surface area contributed by atoms with E-state index in [0.717, 1.165) is 12.1 Å². The Kier molecular flexibility index (Phi) is 7.60. The molecule has 172 valence electrons. The van der Waals surface area contributed by atoms with Crippen LogP contribution in [0.3, 0.4) is 0 Å². The van der Waals surface area contributed by atoms with Crippen LogP contribution in [-0.4, -0.2) is 38.9 Å². The van der Waals surface area contributed by atoms with E-state index in [2.05, 4.69) is 31.1 Å². The maximum Gasteiger partial charge on any atom is 0.490 e. The largest absolute Gasteiger partial charge is 0.490 e. The van der Waals surface area contributed by atoms with Crippen LogP contribution in [0, 0.1) is 0 Å². The highest BCUT2D eigenvalue weighted by Gasteiger charge is 2.38. The number of aliphatic carboxylic acids is 1. The number of oxazole rings is 1. The zero-order valence-electron chi connectivity index (χ0n) is 17.4. The number of alkyl halides is 3. The van der Waals surface area contributed by atoms with Crippen molar-refractivity contribution < 1.29 is 37.5 Å². The van der Waals surface area contributed by atoms with E-state index < -0.39 is 18.1 Å². The van der Waals surface area contributed by atoms with Crippen molar-refractivity contribution in [3.63, 3.8) is 0 Å². The van der Waals surface area contributed by atoms with Crippen LogP contribution in [0.25, 0.3) is 22.6 Å². The highest BCUT2D eigenvalue weighted by Crippen LogP contribution is 2.25. The smallest absolute Gasteiger partial charge is 0.475 e. The number of amides is 1. The molecule has 1 aromatic heterocycles. The number of hydrogen-bond acceptors (Lipinski definition) is 6. The second kappa shape index (κ2) is 9.79. The molecule has 0 aliphatic rings. The fourth-order valence-electron chi connectivity index (χ4n) is 2.39. The molecule has 11 heteroatoms. The van der Waals surface area contributed by atoms with E-state index in [1.807, 2.05) is 24.3 Å². The minimum atomic E-state index is -5.08. The van der Waals surface area contributed by atoms with Crippen LogP contribution in [0.2, 0.25) is 0 Å². The minimum absolute atomic E-state index is 0.0670. The summed E-state index contributed by atoms with van der Waals surface area (Å²) in [5.41, 5.74) is 5.19. The van der Waals surface area contributed by atoms with Gasteiger partial charge in [0.15, 0.2) is 5.58 Å². The van der Waals surface area contributed by atoms with Crippen molar-refractivity contribution in [3.8, 4) is 11.5 Å². The van der Waals surface area contributed by atoms with Gasteiger partial charge < -0.3 is 14.8 Å². The van der Waals surface area contributed by atoms with Crippen LogP contribution in [0.4, 0.5) is 13.2 Å². The summed E-state index contributed by atoms with van der Waals surface area (Å²) in [6.45, 7) is 7.18. The first-order chi connectivity index (χ1) is 14.8. The molecule has 32 heavy (non-hydrogen) atoms. The van der Waals surface area contributed by atoms with E-state index in [-0.39, 0.29) is 5.54 Å². The van der Waals surface area contributed by atoms with Gasteiger partial charge in [0.05, 0.1) is 0 Å². The van der Waals surface area contributed by atoms with Gasteiger partial charge in [-0.1, -0.05) is 12.1 Å². The van der Waals surface area contributed by atoms with Gasteiger partial charge >= 0.3 is 12.1 Å². The lowest BCUT2D eigenvalue weighted by atomic mass is 10.1. The van der Waals surface area contributed by atoms with Crippen LogP contribution in [0.5, 0.6) is 0 Å². The molecule has 0 aliphatic heterocycles. The Hall–Kier alpha value is -3.44. The number of carbonyl (C=O) groups excluding carboxylic acids is 1. The normalized spacial score (nSPS) is 11.6. The number of benzene rings is 2. The van der Waals surface area contributed by atoms with Crippen molar-refractivity contribution in [3.05, 3.63) is 53.6 Å². The Bertz CT molecular complexity index is 1090. The van der Waals surface area contributed by atoms with Crippen molar-refractivity contribution in [2.24, 2.45) is 0 Å². The molecule has 0 saturated heterocycles. The van der Waals surface area contributed by atoms with E-state index in [0.29, 0.717) is 22.6 Å². The zero-order valence-corrected chi connectivity index (χ0v) is 17.4. The first kappa shape index (κ1) is 24.8. The molecule has 4 N–H and O–H groups in total. The summed E-state index contributed by atoms with van der Waals surface area (Å²) in [5, 5.41) is 19.3. The van der Waals surface area contributed by atoms with Gasteiger partial charge in [-0.25, -0.2) is 15.3 Å². The number of hydroxylamine groups is 1. The van der Waals surface area contributed by atoms with E-state index in [1.165, 1.54) is 5.56 Å². The van der Waals surface area contributed by atoms with Crippen molar-refractivity contribution in [2.75, 3.05) is 0 Å². The molecule has 0 atom stereocenters. The standard InChI is InChI=1S/C19H21N3O3.C2HF3O2/c1-19(2,3)20-11-12-4-6-13(7-5-12)18-21-15-10-14(17(23)22-24)8-9-16(15)25-18;3-2(4,5)1(6)7/h4-10,20,24H,11H2,1-3H3,(H,22,23);(H,6,7). The third-order valence-corrected chi connectivity index (χ3v) is 4.02. The molecule has 0 aliphatic carbocycles. The van der Waals surface area contributed by atoms with E-state index >= 15 is 0 Å². The number of hydrogen-bond donors (Lipinski definition) is 4. The van der Waals surface area contributed by atoms with Gasteiger partial charge in [0.1, 0.15) is 5.52 Å². The molecular formula is C21H22F3N3O5. The van der Waals surface area contributed by atoms with Crippen LogP contribution in [-0.2, 0) is 11.3 Å². The van der Waals surface area contributed by atoms with Gasteiger partial charge in [0.25, 0.3) is 5.91 Å². The predicted octanol–water partition coefficient (Wildman–Crippen LogP) is 4.14. The monoisotopic (exact) mass is 453 g/mol. The number of nitrogens with one attached hydrogen (secondary N) is 2. The maximum absolute atomic E-state index is 11.5. The van der Waals surface area contributed by atoms with Gasteiger partial charge in [0, 0.05) is 23.2 Å². The van der Waals surface area contributed by atoms with Crippen molar-refractivity contribution in [1.29, 1.82) is 0 Å². The summed E-state index contributed by atoms with van der Waals surface area (Å²) in [6.07, 6.45) is -5.08. The summed E-state index contributed by atoms with van der Waals surface area (Å²) < 4.78 is 37.5. The number of halogens is 3. The lowest BCUT2D eigenvalue weighted by molar-refractivity contribution is -0.192. The van der Waals surface area contributed by atoms with Gasteiger partial charge in [-0.05, 0) is 56.7 Å². The third kappa shape index (κ3) is 7.06. The van der Waals surface area contributed by atoms with Crippen molar-refractivity contribution in [1.82, 2.24) is 15.8 Å². The Morgan fingerprint density at radius 2 is 1.66 bits per heavy atom. The Morgan fingerprint density at radius 3 is 2.16 bits per heavy atom. The molecular weight excluding hydrogens is 431 g/mol. The fourth-order valence-corrected chi connectivity index (χ4v) is 2.39. The fraction of sp³-hybridized carbons (Fsp3) is 0.286. The average Bonchev–Trinajstić information content (AvgIpc) is 3.14. The second-order valence-corrected chi connectivity index (χ2v) is 7.75. The SMILES string of the molecule is CC(C)(C)NCc1ccc(-c2nc3cc(C(=O)NO)ccc3o2)cc1.O=C(O)C(F)(F)F. The van der Waals surface area contributed by atoms with Crippen LogP contribution in [0.1, 0.15) is 36.7 Å². The first-order valence-corrected chi connectivity index (χ1v) is 9.29. The summed E-state index contributed by atoms with van der Waals surface area (Å²) >= 11 is 0. The highest BCUT2D eigenvalue weighted by molar-refractivity contribution is 5.96. The zero-order chi connectivity index (χ0) is 24.1. The lowest BCUT2D eigenvalue weighted by Crippen LogP contribution is -2.35. The number of carbonyl (C=O) groups is 2. The van der Waals surface area contributed by atoms with E-state index in [1.54, 1.807) is 23.7 Å². The molecule has 1 amide bonds. The van der Waals surface area contributed by atoms with Gasteiger partial charge in [-0.2, -0.15) is 13.2 Å². The first-order valence-electron chi connectivity index (χ1n) is 9.29. The molecule has 0 saturated carbocycles. The lowest BCUT2D eigenvalue weighted by Gasteiger charge is -2.20. The summed E-state index contributed by atoms with van der Waals surface area (Å²) in [7, 11) is 0. The topological polar surface area (TPSA) is 125 Å². The number of nitrogens with zero attached hydrogens (tertiary/aromatic N) is 1. The van der Waals surface area contributed by atoms with Gasteiger partial charge in [-0.15, -0.1) is 0 Å². The molecule has 2 aromatic carbocycles. The number of carboxylic acids is 1. The van der Waals surface area contributed by atoms with Crippen molar-refractivity contribution >= 4 is 23.0 Å².